The second-order valence-electron chi connectivity index (χ2n) is 13.6. The normalized spacial score (nSPS) is 15.8. The minimum Gasteiger partial charge on any atom is -0.492 e. The van der Waals surface area contributed by atoms with Gasteiger partial charge in [-0.05, 0) is 104 Å². The maximum absolute atomic E-state index is 13.0. The molecule has 3 aromatic carbocycles. The van der Waals surface area contributed by atoms with Crippen LogP contribution in [0.25, 0.3) is 31.9 Å². The SMILES string of the molecule is Cc1cc(-c2ccc(N(C)C)nc2)ccc1-c1nc2ccc(CCCN(C)CCOc3ccc4c(c3)CN(C3CCC(=O)NC3=O)C4=O)cc2s1. The molecule has 11 heteroatoms. The Kier molecular flexibility index (Phi) is 9.84. The van der Waals surface area contributed by atoms with E-state index >= 15 is 0 Å². The van der Waals surface area contributed by atoms with Crippen LogP contribution >= 0.6 is 11.3 Å². The van der Waals surface area contributed by atoms with Crippen LogP contribution in [0.4, 0.5) is 5.82 Å². The number of aryl methyl sites for hydroxylation is 2. The smallest absolute Gasteiger partial charge is 0.255 e. The first-order valence-electron chi connectivity index (χ1n) is 17.4. The monoisotopic (exact) mass is 702 g/mol. The summed E-state index contributed by atoms with van der Waals surface area (Å²) in [5, 5.41) is 3.38. The third-order valence-corrected chi connectivity index (χ3v) is 10.7. The molecule has 1 unspecified atom stereocenters. The molecule has 0 radical (unpaired) electrons. The van der Waals surface area contributed by atoms with Crippen molar-refractivity contribution in [2.24, 2.45) is 0 Å². The zero-order chi connectivity index (χ0) is 35.6. The van der Waals surface area contributed by atoms with E-state index in [1.165, 1.54) is 15.8 Å². The summed E-state index contributed by atoms with van der Waals surface area (Å²) in [7, 11) is 6.09. The topological polar surface area (TPSA) is 108 Å². The number of amides is 3. The third kappa shape index (κ3) is 7.50. The van der Waals surface area contributed by atoms with Crippen molar-refractivity contribution in [1.82, 2.24) is 25.1 Å². The first-order chi connectivity index (χ1) is 24.6. The second-order valence-corrected chi connectivity index (χ2v) is 14.7. The number of fused-ring (bicyclic) bond motifs is 2. The van der Waals surface area contributed by atoms with E-state index in [-0.39, 0.29) is 18.2 Å². The summed E-state index contributed by atoms with van der Waals surface area (Å²) >= 11 is 1.74. The van der Waals surface area contributed by atoms with Gasteiger partial charge in [0.05, 0.1) is 10.2 Å². The lowest BCUT2D eigenvalue weighted by atomic mass is 10.0. The average Bonchev–Trinajstić information content (AvgIpc) is 3.68. The molecule has 0 bridgehead atoms. The van der Waals surface area contributed by atoms with Crippen molar-refractivity contribution >= 4 is 45.1 Å². The Morgan fingerprint density at radius 3 is 2.53 bits per heavy atom. The quantitative estimate of drug-likeness (QED) is 0.156. The number of pyridine rings is 1. The van der Waals surface area contributed by atoms with Gasteiger partial charge >= 0.3 is 0 Å². The van der Waals surface area contributed by atoms with Crippen molar-refractivity contribution in [2.75, 3.05) is 45.7 Å². The maximum atomic E-state index is 13.0. The summed E-state index contributed by atoms with van der Waals surface area (Å²) in [6.07, 6.45) is 4.52. The Hall–Kier alpha value is -5.13. The highest BCUT2D eigenvalue weighted by atomic mass is 32.1. The lowest BCUT2D eigenvalue weighted by Crippen LogP contribution is -2.52. The minimum absolute atomic E-state index is 0.179. The number of nitrogens with one attached hydrogen (secondary N) is 1. The fourth-order valence-corrected chi connectivity index (χ4v) is 7.89. The van der Waals surface area contributed by atoms with E-state index in [0.29, 0.717) is 30.9 Å². The van der Waals surface area contributed by atoms with Crippen molar-refractivity contribution in [2.45, 2.75) is 45.2 Å². The number of nitrogens with zero attached hydrogens (tertiary/aromatic N) is 5. The van der Waals surface area contributed by atoms with Crippen molar-refractivity contribution in [3.8, 4) is 27.4 Å². The highest BCUT2D eigenvalue weighted by molar-refractivity contribution is 7.21. The molecule has 10 nitrogen and oxygen atoms in total. The number of anilines is 1. The molecule has 1 atom stereocenters. The molecule has 1 fully saturated rings. The van der Waals surface area contributed by atoms with Crippen LogP contribution in [0.1, 0.15) is 46.3 Å². The third-order valence-electron chi connectivity index (χ3n) is 9.69. The Morgan fingerprint density at radius 2 is 1.76 bits per heavy atom. The molecule has 1 N–H and O–H groups in total. The van der Waals surface area contributed by atoms with Crippen LogP contribution < -0.4 is 15.0 Å². The van der Waals surface area contributed by atoms with Gasteiger partial charge in [-0.1, -0.05) is 24.3 Å². The van der Waals surface area contributed by atoms with E-state index < -0.39 is 11.9 Å². The Labute approximate surface area is 302 Å². The molecule has 0 aliphatic carbocycles. The molecule has 0 spiro atoms. The molecular formula is C40H42N6O4S. The molecule has 7 rings (SSSR count). The fraction of sp³-hybridized carbons (Fsp3) is 0.325. The predicted octanol–water partition coefficient (Wildman–Crippen LogP) is 6.10. The van der Waals surface area contributed by atoms with Gasteiger partial charge in [0.2, 0.25) is 11.8 Å². The van der Waals surface area contributed by atoms with Crippen LogP contribution in [0.5, 0.6) is 5.75 Å². The lowest BCUT2D eigenvalue weighted by molar-refractivity contribution is -0.136. The molecule has 3 amide bonds. The first-order valence-corrected chi connectivity index (χ1v) is 18.2. The zero-order valence-corrected chi connectivity index (χ0v) is 30.3. The molecule has 2 aromatic heterocycles. The number of benzene rings is 3. The highest BCUT2D eigenvalue weighted by Crippen LogP contribution is 2.35. The molecule has 0 saturated carbocycles. The molecule has 5 aromatic rings. The molecular weight excluding hydrogens is 661 g/mol. The van der Waals surface area contributed by atoms with Gasteiger partial charge in [0, 0.05) is 56.5 Å². The average molecular weight is 703 g/mol. The predicted molar refractivity (Wildman–Crippen MR) is 201 cm³/mol. The number of carbonyl (C=O) groups excluding carboxylic acids is 3. The number of thiazole rings is 1. The summed E-state index contributed by atoms with van der Waals surface area (Å²) in [6, 6.07) is 22.2. The zero-order valence-electron chi connectivity index (χ0n) is 29.4. The first kappa shape index (κ1) is 34.3. The van der Waals surface area contributed by atoms with Gasteiger partial charge in [-0.15, -0.1) is 11.3 Å². The summed E-state index contributed by atoms with van der Waals surface area (Å²) in [4.78, 5) is 52.2. The van der Waals surface area contributed by atoms with E-state index in [0.717, 1.165) is 64.5 Å². The van der Waals surface area contributed by atoms with Gasteiger partial charge in [-0.25, -0.2) is 9.97 Å². The van der Waals surface area contributed by atoms with Crippen molar-refractivity contribution < 1.29 is 19.1 Å². The van der Waals surface area contributed by atoms with Crippen LogP contribution in [0.3, 0.4) is 0 Å². The van der Waals surface area contributed by atoms with E-state index in [1.807, 2.05) is 43.4 Å². The second kappa shape index (κ2) is 14.6. The molecule has 1 saturated heterocycles. The number of hydrogen-bond acceptors (Lipinski definition) is 9. The molecule has 51 heavy (non-hydrogen) atoms. The number of rotatable bonds is 12. The van der Waals surface area contributed by atoms with Gasteiger partial charge in [0.15, 0.2) is 0 Å². The van der Waals surface area contributed by atoms with Crippen molar-refractivity contribution in [1.29, 1.82) is 0 Å². The van der Waals surface area contributed by atoms with E-state index in [1.54, 1.807) is 22.3 Å². The van der Waals surface area contributed by atoms with Gasteiger partial charge in [-0.2, -0.15) is 0 Å². The van der Waals surface area contributed by atoms with Crippen LogP contribution in [-0.4, -0.2) is 84.4 Å². The summed E-state index contributed by atoms with van der Waals surface area (Å²) < 4.78 is 7.25. The van der Waals surface area contributed by atoms with Crippen LogP contribution in [-0.2, 0) is 22.6 Å². The standard InChI is InChI=1S/C40H42N6O4S/c1-25-20-27(28-9-15-36(41-23-28)44(2)3)8-11-31(25)39-42-33-13-7-26(21-35(33)51-39)6-5-17-45(4)18-19-50-30-10-12-32-29(22-30)24-46(40(32)49)34-14-16-37(47)43-38(34)48/h7-13,15,20-23,34H,5-6,14,16-19,24H2,1-4H3,(H,43,47,48). The summed E-state index contributed by atoms with van der Waals surface area (Å²) in [5.41, 5.74) is 8.36. The van der Waals surface area contributed by atoms with Crippen LogP contribution in [0.15, 0.2) is 72.9 Å². The highest BCUT2D eigenvalue weighted by Gasteiger charge is 2.39. The summed E-state index contributed by atoms with van der Waals surface area (Å²) in [5.74, 6) is 0.772. The number of piperidine rings is 1. The largest absolute Gasteiger partial charge is 0.492 e. The molecule has 2 aliphatic rings. The number of carbonyl (C=O) groups is 3. The van der Waals surface area contributed by atoms with Crippen LogP contribution in [0.2, 0.25) is 0 Å². The number of likely N-dealkylation sites (N-methyl/N-ethyl adjacent to an activating group) is 1. The van der Waals surface area contributed by atoms with E-state index in [4.69, 9.17) is 9.72 Å². The minimum atomic E-state index is -0.620. The Morgan fingerprint density at radius 1 is 0.941 bits per heavy atom. The van der Waals surface area contributed by atoms with Gasteiger partial charge < -0.3 is 19.4 Å². The van der Waals surface area contributed by atoms with E-state index in [9.17, 15) is 14.4 Å². The maximum Gasteiger partial charge on any atom is 0.255 e. The van der Waals surface area contributed by atoms with Crippen molar-refractivity contribution in [3.05, 3.63) is 95.2 Å². The molecule has 4 heterocycles. The molecule has 262 valence electrons. The Balaban J connectivity index is 0.886. The number of ether oxygens (including phenoxy) is 1. The fourth-order valence-electron chi connectivity index (χ4n) is 6.77. The van der Waals surface area contributed by atoms with Crippen molar-refractivity contribution in [3.63, 3.8) is 0 Å². The number of imide groups is 1. The van der Waals surface area contributed by atoms with Gasteiger partial charge in [0.1, 0.15) is 29.2 Å². The number of hydrogen-bond donors (Lipinski definition) is 1. The molecule has 2 aliphatic heterocycles. The van der Waals surface area contributed by atoms with Gasteiger partial charge in [0.25, 0.3) is 5.91 Å². The van der Waals surface area contributed by atoms with Gasteiger partial charge in [-0.3, -0.25) is 19.7 Å². The van der Waals surface area contributed by atoms with Crippen LogP contribution in [0, 0.1) is 6.92 Å². The number of aromatic nitrogens is 2. The van der Waals surface area contributed by atoms with E-state index in [2.05, 4.69) is 71.6 Å². The summed E-state index contributed by atoms with van der Waals surface area (Å²) in [6.45, 7) is 4.71. The lowest BCUT2D eigenvalue weighted by Gasteiger charge is -2.29. The Bertz CT molecular complexity index is 2110.